The number of nitrogens with two attached hydrogens (primary N) is 1. The van der Waals surface area contributed by atoms with E-state index in [1.54, 1.807) is 24.5 Å². The van der Waals surface area contributed by atoms with E-state index in [1.165, 1.54) is 0 Å². The molecule has 1 aliphatic rings. The predicted octanol–water partition coefficient (Wildman–Crippen LogP) is 3.43. The quantitative estimate of drug-likeness (QED) is 0.519. The summed E-state index contributed by atoms with van der Waals surface area (Å²) in [5.41, 5.74) is 7.94. The van der Waals surface area contributed by atoms with Crippen LogP contribution in [0.25, 0.3) is 22.0 Å². The summed E-state index contributed by atoms with van der Waals surface area (Å²) in [5.74, 6) is -0.806. The normalized spacial score (nSPS) is 18.4. The third-order valence-corrected chi connectivity index (χ3v) is 5.75. The van der Waals surface area contributed by atoms with Crippen LogP contribution in [0.2, 0.25) is 0 Å². The fourth-order valence-corrected chi connectivity index (χ4v) is 3.97. The van der Waals surface area contributed by atoms with Gasteiger partial charge in [-0.05, 0) is 55.5 Å². The van der Waals surface area contributed by atoms with Crippen molar-refractivity contribution < 1.29 is 24.2 Å². The number of fused-ring (bicyclic) bond motifs is 1. The summed E-state index contributed by atoms with van der Waals surface area (Å²) in [4.78, 5) is 31.2. The van der Waals surface area contributed by atoms with Crippen molar-refractivity contribution in [3.63, 3.8) is 0 Å². The van der Waals surface area contributed by atoms with E-state index in [2.05, 4.69) is 9.97 Å². The maximum absolute atomic E-state index is 11.5. The second-order valence-electron chi connectivity index (χ2n) is 7.88. The van der Waals surface area contributed by atoms with Gasteiger partial charge in [0.1, 0.15) is 18.1 Å². The average molecular weight is 435 g/mol. The fourth-order valence-electron chi connectivity index (χ4n) is 3.97. The van der Waals surface area contributed by atoms with Gasteiger partial charge in [-0.1, -0.05) is 12.1 Å². The van der Waals surface area contributed by atoms with Gasteiger partial charge in [0, 0.05) is 23.3 Å². The van der Waals surface area contributed by atoms with Gasteiger partial charge in [0.05, 0.1) is 24.1 Å². The lowest BCUT2D eigenvalue weighted by Crippen LogP contribution is -2.27. The second-order valence-corrected chi connectivity index (χ2v) is 7.88. The molecule has 1 fully saturated rings. The molecule has 2 heterocycles. The van der Waals surface area contributed by atoms with Gasteiger partial charge in [-0.2, -0.15) is 0 Å². The van der Waals surface area contributed by atoms with Crippen LogP contribution in [-0.2, 0) is 9.53 Å². The molecule has 0 atom stereocenters. The van der Waals surface area contributed by atoms with Crippen molar-refractivity contribution in [1.29, 1.82) is 0 Å². The van der Waals surface area contributed by atoms with E-state index in [9.17, 15) is 9.59 Å². The molecule has 1 amide bonds. The number of rotatable bonds is 8. The Kier molecular flexibility index (Phi) is 6.61. The van der Waals surface area contributed by atoms with Crippen molar-refractivity contribution in [3.05, 3.63) is 54.5 Å². The van der Waals surface area contributed by atoms with E-state index in [0.29, 0.717) is 37.3 Å². The Labute approximate surface area is 185 Å². The van der Waals surface area contributed by atoms with Gasteiger partial charge in [-0.3, -0.25) is 14.6 Å². The van der Waals surface area contributed by atoms with Crippen LogP contribution < -0.4 is 10.5 Å². The van der Waals surface area contributed by atoms with E-state index in [1.807, 2.05) is 24.3 Å². The standard InChI is InChI=1S/C24H25N3O5/c25-23(28)21-10-5-17-13-26-14-20(22(17)27-21)15-1-6-18(7-2-15)31-11-12-32-19-8-3-16(4-9-19)24(29)30/h1-2,5-7,10,13-14,16,19H,3-4,8-9,11-12H2,(H2,25,28)(H,29,30). The molecule has 1 aromatic carbocycles. The molecule has 0 radical (unpaired) electrons. The van der Waals surface area contributed by atoms with Gasteiger partial charge in [-0.15, -0.1) is 0 Å². The van der Waals surface area contributed by atoms with E-state index >= 15 is 0 Å². The van der Waals surface area contributed by atoms with Crippen LogP contribution in [0.1, 0.15) is 36.2 Å². The molecule has 0 unspecified atom stereocenters. The minimum atomic E-state index is -0.710. The molecule has 166 valence electrons. The smallest absolute Gasteiger partial charge is 0.306 e. The molecule has 1 aliphatic carbocycles. The Bertz CT molecular complexity index is 1110. The number of aliphatic carboxylic acids is 1. The van der Waals surface area contributed by atoms with Crippen molar-refractivity contribution in [3.8, 4) is 16.9 Å². The summed E-state index contributed by atoms with van der Waals surface area (Å²) >= 11 is 0. The van der Waals surface area contributed by atoms with Gasteiger partial charge >= 0.3 is 5.97 Å². The van der Waals surface area contributed by atoms with Crippen LogP contribution in [-0.4, -0.2) is 46.3 Å². The first-order valence-corrected chi connectivity index (χ1v) is 10.6. The molecule has 4 rings (SSSR count). The van der Waals surface area contributed by atoms with Gasteiger partial charge in [0.25, 0.3) is 5.91 Å². The number of carboxylic acids is 1. The van der Waals surface area contributed by atoms with E-state index in [-0.39, 0.29) is 17.7 Å². The second kappa shape index (κ2) is 9.74. The summed E-state index contributed by atoms with van der Waals surface area (Å²) in [6, 6.07) is 10.9. The maximum Gasteiger partial charge on any atom is 0.306 e. The minimum absolute atomic E-state index is 0.105. The molecule has 0 aliphatic heterocycles. The molecule has 3 aromatic rings. The summed E-state index contributed by atoms with van der Waals surface area (Å²) < 4.78 is 11.6. The average Bonchev–Trinajstić information content (AvgIpc) is 2.82. The minimum Gasteiger partial charge on any atom is -0.491 e. The zero-order valence-corrected chi connectivity index (χ0v) is 17.6. The molecule has 2 aromatic heterocycles. The molecule has 8 nitrogen and oxygen atoms in total. The number of benzene rings is 1. The molecule has 8 heteroatoms. The van der Waals surface area contributed by atoms with Crippen molar-refractivity contribution in [1.82, 2.24) is 9.97 Å². The molecule has 32 heavy (non-hydrogen) atoms. The molecule has 1 saturated carbocycles. The summed E-state index contributed by atoms with van der Waals surface area (Å²) in [7, 11) is 0. The maximum atomic E-state index is 11.5. The fraction of sp³-hybridized carbons (Fsp3) is 0.333. The van der Waals surface area contributed by atoms with Gasteiger partial charge in [-0.25, -0.2) is 4.98 Å². The molecule has 0 spiro atoms. The van der Waals surface area contributed by atoms with E-state index in [0.717, 1.165) is 29.4 Å². The Morgan fingerprint density at radius 2 is 1.75 bits per heavy atom. The highest BCUT2D eigenvalue weighted by atomic mass is 16.5. The zero-order valence-electron chi connectivity index (χ0n) is 17.6. The van der Waals surface area contributed by atoms with Crippen LogP contribution in [0.15, 0.2) is 48.8 Å². The highest BCUT2D eigenvalue weighted by Gasteiger charge is 2.26. The van der Waals surface area contributed by atoms with Gasteiger partial charge in [0.2, 0.25) is 0 Å². The monoisotopic (exact) mass is 435 g/mol. The number of aromatic nitrogens is 2. The van der Waals surface area contributed by atoms with Crippen molar-refractivity contribution in [2.45, 2.75) is 31.8 Å². The largest absolute Gasteiger partial charge is 0.491 e. The Morgan fingerprint density at radius 3 is 2.44 bits per heavy atom. The van der Waals surface area contributed by atoms with Crippen LogP contribution in [0, 0.1) is 5.92 Å². The number of ether oxygens (including phenoxy) is 2. The van der Waals surface area contributed by atoms with Crippen LogP contribution in [0.5, 0.6) is 5.75 Å². The molecule has 0 bridgehead atoms. The lowest BCUT2D eigenvalue weighted by molar-refractivity contribution is -0.143. The Hall–Kier alpha value is -3.52. The molecular formula is C24H25N3O5. The number of nitrogens with zero attached hydrogens (tertiary/aromatic N) is 2. The molecule has 3 N–H and O–H groups in total. The number of pyridine rings is 2. The van der Waals surface area contributed by atoms with Crippen LogP contribution in [0.4, 0.5) is 0 Å². The van der Waals surface area contributed by atoms with Crippen molar-refractivity contribution in [2.24, 2.45) is 11.7 Å². The van der Waals surface area contributed by atoms with E-state index in [4.69, 9.17) is 20.3 Å². The van der Waals surface area contributed by atoms with Crippen LogP contribution >= 0.6 is 0 Å². The number of carboxylic acid groups (broad SMARTS) is 1. The third-order valence-electron chi connectivity index (χ3n) is 5.75. The van der Waals surface area contributed by atoms with Gasteiger partial charge in [0.15, 0.2) is 0 Å². The van der Waals surface area contributed by atoms with E-state index < -0.39 is 11.9 Å². The summed E-state index contributed by atoms with van der Waals surface area (Å²) in [6.45, 7) is 0.870. The highest BCUT2D eigenvalue weighted by molar-refractivity contribution is 5.97. The lowest BCUT2D eigenvalue weighted by atomic mass is 9.87. The predicted molar refractivity (Wildman–Crippen MR) is 118 cm³/mol. The van der Waals surface area contributed by atoms with Crippen molar-refractivity contribution in [2.75, 3.05) is 13.2 Å². The highest BCUT2D eigenvalue weighted by Crippen LogP contribution is 2.28. The number of carbonyl (C=O) groups is 2. The third kappa shape index (κ3) is 5.03. The molecule has 0 saturated heterocycles. The van der Waals surface area contributed by atoms with Crippen molar-refractivity contribution >= 4 is 22.8 Å². The lowest BCUT2D eigenvalue weighted by Gasteiger charge is -2.26. The number of primary amides is 1. The Morgan fingerprint density at radius 1 is 1.00 bits per heavy atom. The zero-order chi connectivity index (χ0) is 22.5. The number of hydrogen-bond acceptors (Lipinski definition) is 6. The first-order chi connectivity index (χ1) is 15.5. The summed E-state index contributed by atoms with van der Waals surface area (Å²) in [6.07, 6.45) is 6.40. The number of carbonyl (C=O) groups excluding carboxylic acids is 1. The molecular weight excluding hydrogens is 410 g/mol. The SMILES string of the molecule is NC(=O)c1ccc2cncc(-c3ccc(OCCOC4CCC(C(=O)O)CC4)cc3)c2n1. The summed E-state index contributed by atoms with van der Waals surface area (Å²) in [5, 5.41) is 9.88. The first-order valence-electron chi connectivity index (χ1n) is 10.6. The number of hydrogen-bond donors (Lipinski definition) is 2. The first kappa shape index (κ1) is 21.7. The van der Waals surface area contributed by atoms with Gasteiger partial charge < -0.3 is 20.3 Å². The number of amides is 1. The topological polar surface area (TPSA) is 125 Å². The van der Waals surface area contributed by atoms with Crippen LogP contribution in [0.3, 0.4) is 0 Å². The Balaban J connectivity index is 1.33.